The molecule has 0 saturated carbocycles. The zero-order valence-electron chi connectivity index (χ0n) is 16.3. The topological polar surface area (TPSA) is 126 Å². The number of nitrogens with zero attached hydrogens (tertiary/aromatic N) is 1. The van der Waals surface area contributed by atoms with Gasteiger partial charge in [0.05, 0.1) is 32.9 Å². The van der Waals surface area contributed by atoms with Gasteiger partial charge in [-0.05, 0) is 55.0 Å². The van der Waals surface area contributed by atoms with Crippen molar-refractivity contribution in [1.29, 1.82) is 0 Å². The summed E-state index contributed by atoms with van der Waals surface area (Å²) in [5, 5.41) is 6.16. The Morgan fingerprint density at radius 1 is 1.06 bits per heavy atom. The van der Waals surface area contributed by atoms with E-state index in [9.17, 15) is 13.2 Å². The van der Waals surface area contributed by atoms with E-state index in [1.165, 1.54) is 42.6 Å². The number of sulfonamides is 1. The van der Waals surface area contributed by atoms with Crippen LogP contribution >= 0.6 is 23.2 Å². The van der Waals surface area contributed by atoms with Crippen molar-refractivity contribution >= 4 is 56.4 Å². The highest BCUT2D eigenvalue weighted by Gasteiger charge is 2.16. The Hall–Kier alpha value is -3.01. The summed E-state index contributed by atoms with van der Waals surface area (Å²) in [6.45, 7) is 1.77. The Balaban J connectivity index is 1.63. The van der Waals surface area contributed by atoms with Crippen molar-refractivity contribution in [3.8, 4) is 0 Å². The molecule has 0 bridgehead atoms. The smallest absolute Gasteiger partial charge is 0.319 e. The number of hydrogen-bond donors (Lipinski definition) is 4. The molecule has 0 fully saturated rings. The molecule has 3 aromatic rings. The van der Waals surface area contributed by atoms with E-state index in [-0.39, 0.29) is 10.7 Å². The summed E-state index contributed by atoms with van der Waals surface area (Å²) in [4.78, 5) is 16.2. The molecule has 1 aromatic heterocycles. The first-order chi connectivity index (χ1) is 14.7. The average molecular weight is 480 g/mol. The lowest BCUT2D eigenvalue weighted by atomic mass is 10.1. The second kappa shape index (κ2) is 9.42. The number of pyridine rings is 1. The van der Waals surface area contributed by atoms with Gasteiger partial charge in [0.1, 0.15) is 5.82 Å². The maximum absolute atomic E-state index is 12.5. The second-order valence-electron chi connectivity index (χ2n) is 6.57. The number of halogens is 2. The van der Waals surface area contributed by atoms with Gasteiger partial charge in [-0.25, -0.2) is 18.2 Å². The van der Waals surface area contributed by atoms with Crippen LogP contribution in [0.3, 0.4) is 0 Å². The van der Waals surface area contributed by atoms with Gasteiger partial charge < -0.3 is 16.4 Å². The van der Waals surface area contributed by atoms with Gasteiger partial charge in [0.15, 0.2) is 0 Å². The van der Waals surface area contributed by atoms with Gasteiger partial charge >= 0.3 is 6.03 Å². The number of nitrogens with two attached hydrogens (primary N) is 1. The fourth-order valence-corrected chi connectivity index (χ4v) is 4.16. The molecule has 0 radical (unpaired) electrons. The number of carbonyl (C=O) groups is 1. The summed E-state index contributed by atoms with van der Waals surface area (Å²) < 4.78 is 27.3. The summed E-state index contributed by atoms with van der Waals surface area (Å²) in [6.07, 6.45) is 1.35. The highest BCUT2D eigenvalue weighted by atomic mass is 35.5. The van der Waals surface area contributed by atoms with Gasteiger partial charge in [0.2, 0.25) is 0 Å². The third-order valence-electron chi connectivity index (χ3n) is 4.24. The highest BCUT2D eigenvalue weighted by molar-refractivity contribution is 7.92. The molecule has 1 unspecified atom stereocenters. The summed E-state index contributed by atoms with van der Waals surface area (Å²) in [5.41, 5.74) is 7.05. The van der Waals surface area contributed by atoms with E-state index in [2.05, 4.69) is 20.3 Å². The zero-order valence-corrected chi connectivity index (χ0v) is 18.6. The third kappa shape index (κ3) is 5.78. The number of hydrogen-bond acceptors (Lipinski definition) is 5. The van der Waals surface area contributed by atoms with E-state index in [0.717, 1.165) is 0 Å². The van der Waals surface area contributed by atoms with Crippen molar-refractivity contribution in [2.24, 2.45) is 0 Å². The van der Waals surface area contributed by atoms with Gasteiger partial charge in [-0.15, -0.1) is 0 Å². The Bertz CT molecular complexity index is 1190. The quantitative estimate of drug-likeness (QED) is 0.409. The second-order valence-corrected chi connectivity index (χ2v) is 9.04. The fraction of sp³-hybridized carbons (Fsp3) is 0.100. The van der Waals surface area contributed by atoms with Crippen LogP contribution in [0, 0.1) is 0 Å². The van der Waals surface area contributed by atoms with Gasteiger partial charge in [0.25, 0.3) is 10.0 Å². The SMILES string of the molecule is CC(NC(=O)Nc1ccc(S(=O)(=O)Nc2ccc(N)cn2)cc1)c1cccc(Cl)c1Cl. The van der Waals surface area contributed by atoms with Crippen molar-refractivity contribution < 1.29 is 13.2 Å². The number of rotatable bonds is 6. The van der Waals surface area contributed by atoms with E-state index < -0.39 is 22.1 Å². The van der Waals surface area contributed by atoms with Crippen LogP contribution in [0.15, 0.2) is 65.7 Å². The molecule has 0 aliphatic carbocycles. The molecule has 0 spiro atoms. The molecular weight excluding hydrogens is 461 g/mol. The number of nitrogen functional groups attached to an aromatic ring is 1. The van der Waals surface area contributed by atoms with E-state index >= 15 is 0 Å². The van der Waals surface area contributed by atoms with Gasteiger partial charge in [0, 0.05) is 5.69 Å². The number of carbonyl (C=O) groups excluding carboxylic acids is 1. The molecule has 0 saturated heterocycles. The minimum atomic E-state index is -3.84. The first kappa shape index (κ1) is 22.7. The van der Waals surface area contributed by atoms with Crippen LogP contribution in [-0.2, 0) is 10.0 Å². The van der Waals surface area contributed by atoms with E-state index in [1.54, 1.807) is 25.1 Å². The average Bonchev–Trinajstić information content (AvgIpc) is 2.72. The molecule has 0 aliphatic rings. The van der Waals surface area contributed by atoms with Crippen LogP contribution < -0.4 is 21.1 Å². The lowest BCUT2D eigenvalue weighted by Crippen LogP contribution is -2.31. The molecule has 8 nitrogen and oxygen atoms in total. The molecule has 162 valence electrons. The Labute approximate surface area is 189 Å². The Morgan fingerprint density at radius 2 is 1.77 bits per heavy atom. The number of anilines is 3. The van der Waals surface area contributed by atoms with Crippen molar-refractivity contribution in [1.82, 2.24) is 10.3 Å². The fourth-order valence-electron chi connectivity index (χ4n) is 2.68. The minimum absolute atomic E-state index is 0.0103. The summed E-state index contributed by atoms with van der Waals surface area (Å²) in [7, 11) is -3.84. The van der Waals surface area contributed by atoms with Crippen molar-refractivity contribution in [2.45, 2.75) is 17.9 Å². The molecule has 3 rings (SSSR count). The number of amides is 2. The number of benzene rings is 2. The van der Waals surface area contributed by atoms with Crippen LogP contribution in [-0.4, -0.2) is 19.4 Å². The van der Waals surface area contributed by atoms with Gasteiger partial charge in [-0.3, -0.25) is 4.72 Å². The molecule has 1 atom stereocenters. The number of aromatic nitrogens is 1. The van der Waals surface area contributed by atoms with Crippen molar-refractivity contribution in [3.05, 3.63) is 76.4 Å². The molecule has 1 heterocycles. The third-order valence-corrected chi connectivity index (χ3v) is 6.45. The maximum atomic E-state index is 12.5. The monoisotopic (exact) mass is 479 g/mol. The van der Waals surface area contributed by atoms with Crippen LogP contribution in [0.4, 0.5) is 22.0 Å². The first-order valence-corrected chi connectivity index (χ1v) is 11.3. The van der Waals surface area contributed by atoms with E-state index in [0.29, 0.717) is 27.0 Å². The zero-order chi connectivity index (χ0) is 22.6. The normalized spacial score (nSPS) is 12.1. The summed E-state index contributed by atoms with van der Waals surface area (Å²) in [5.74, 6) is 0.143. The summed E-state index contributed by atoms with van der Waals surface area (Å²) in [6, 6.07) is 13.0. The Kier molecular flexibility index (Phi) is 6.89. The van der Waals surface area contributed by atoms with E-state index in [1.807, 2.05) is 0 Å². The Morgan fingerprint density at radius 3 is 2.42 bits per heavy atom. The van der Waals surface area contributed by atoms with Crippen LogP contribution in [0.2, 0.25) is 10.0 Å². The standard InChI is InChI=1S/C20H19Cl2N5O3S/c1-12(16-3-2-4-17(21)19(16)22)25-20(28)26-14-6-8-15(9-7-14)31(29,30)27-18-10-5-13(23)11-24-18/h2-12H,23H2,1H3,(H,24,27)(H2,25,26,28). The molecule has 0 aliphatic heterocycles. The highest BCUT2D eigenvalue weighted by Crippen LogP contribution is 2.29. The van der Waals surface area contributed by atoms with Crippen molar-refractivity contribution in [2.75, 3.05) is 15.8 Å². The number of nitrogens with one attached hydrogen (secondary N) is 3. The molecule has 5 N–H and O–H groups in total. The molecular formula is C20H19Cl2N5O3S. The van der Waals surface area contributed by atoms with E-state index in [4.69, 9.17) is 28.9 Å². The minimum Gasteiger partial charge on any atom is -0.397 e. The number of urea groups is 1. The lowest BCUT2D eigenvalue weighted by Gasteiger charge is -2.17. The van der Waals surface area contributed by atoms with Crippen LogP contribution in [0.25, 0.3) is 0 Å². The predicted octanol–water partition coefficient (Wildman–Crippen LogP) is 4.65. The molecule has 31 heavy (non-hydrogen) atoms. The molecule has 11 heteroatoms. The lowest BCUT2D eigenvalue weighted by molar-refractivity contribution is 0.249. The predicted molar refractivity (Wildman–Crippen MR) is 123 cm³/mol. The van der Waals surface area contributed by atoms with Gasteiger partial charge in [-0.1, -0.05) is 35.3 Å². The largest absolute Gasteiger partial charge is 0.397 e. The first-order valence-electron chi connectivity index (χ1n) is 9.01. The maximum Gasteiger partial charge on any atom is 0.319 e. The van der Waals surface area contributed by atoms with Crippen molar-refractivity contribution in [3.63, 3.8) is 0 Å². The van der Waals surface area contributed by atoms with Crippen LogP contribution in [0.5, 0.6) is 0 Å². The molecule has 2 aromatic carbocycles. The van der Waals surface area contributed by atoms with Crippen LogP contribution in [0.1, 0.15) is 18.5 Å². The van der Waals surface area contributed by atoms with Gasteiger partial charge in [-0.2, -0.15) is 0 Å². The molecule has 2 amide bonds. The summed E-state index contributed by atoms with van der Waals surface area (Å²) >= 11 is 12.2.